The van der Waals surface area contributed by atoms with Crippen LogP contribution in [-0.4, -0.2) is 58.7 Å². The molecule has 8 rings (SSSR count). The summed E-state index contributed by atoms with van der Waals surface area (Å²) in [5, 5.41) is 10.9. The average Bonchev–Trinajstić information content (AvgIpc) is 3.46. The van der Waals surface area contributed by atoms with Gasteiger partial charge < -0.3 is 9.84 Å². The Kier molecular flexibility index (Phi) is 9.45. The van der Waals surface area contributed by atoms with E-state index in [4.69, 9.17) is 16.3 Å². The summed E-state index contributed by atoms with van der Waals surface area (Å²) < 4.78 is 46.8. The number of alkyl halides is 3. The number of rotatable bonds is 8. The van der Waals surface area contributed by atoms with Gasteiger partial charge in [0.15, 0.2) is 17.4 Å². The summed E-state index contributed by atoms with van der Waals surface area (Å²) in [6.45, 7) is -0.126. The van der Waals surface area contributed by atoms with Gasteiger partial charge in [-0.1, -0.05) is 96.0 Å². The van der Waals surface area contributed by atoms with Crippen LogP contribution in [0.3, 0.4) is 0 Å². The van der Waals surface area contributed by atoms with Crippen molar-refractivity contribution in [3.05, 3.63) is 142 Å². The van der Waals surface area contributed by atoms with Crippen molar-refractivity contribution in [3.8, 4) is 5.75 Å². The van der Waals surface area contributed by atoms with E-state index < -0.39 is 64.5 Å². The smallest absolute Gasteiger partial charge is 0.433 e. The summed E-state index contributed by atoms with van der Waals surface area (Å²) in [5.74, 6) is -6.18. The van der Waals surface area contributed by atoms with Crippen LogP contribution in [0.4, 0.5) is 19.0 Å². The third-order valence-electron chi connectivity index (χ3n) is 11.6. The quantitative estimate of drug-likeness (QED) is 0.150. The minimum Gasteiger partial charge on any atom is -0.491 e. The number of Topliss-reactive ketones (excluding diaryl/α,β-unsaturated/α-hetero) is 1. The molecule has 3 aliphatic carbocycles. The van der Waals surface area contributed by atoms with Crippen molar-refractivity contribution in [2.24, 2.45) is 23.7 Å². The number of fused-ring (bicyclic) bond motifs is 4. The van der Waals surface area contributed by atoms with E-state index in [0.717, 1.165) is 22.2 Å². The van der Waals surface area contributed by atoms with Crippen LogP contribution in [0.2, 0.25) is 5.02 Å². The average molecular weight is 782 g/mol. The number of hydrogen-bond donors (Lipinski definition) is 1. The van der Waals surface area contributed by atoms with Crippen LogP contribution in [0.5, 0.6) is 5.75 Å². The van der Waals surface area contributed by atoms with Crippen LogP contribution in [-0.2, 0) is 30.8 Å². The third-order valence-corrected chi connectivity index (χ3v) is 11.9. The van der Waals surface area contributed by atoms with Gasteiger partial charge in [-0.2, -0.15) is 18.2 Å². The highest BCUT2D eigenvalue weighted by molar-refractivity contribution is 6.33. The number of halogens is 4. The Morgan fingerprint density at radius 2 is 1.59 bits per heavy atom. The van der Waals surface area contributed by atoms with E-state index in [1.807, 2.05) is 54.6 Å². The molecule has 1 aliphatic heterocycles. The highest BCUT2D eigenvalue weighted by atomic mass is 35.5. The number of carbonyl (C=O) groups excluding carboxylic acids is 4. The van der Waals surface area contributed by atoms with E-state index in [1.165, 1.54) is 13.1 Å². The van der Waals surface area contributed by atoms with E-state index in [9.17, 15) is 27.9 Å². The largest absolute Gasteiger partial charge is 0.491 e. The summed E-state index contributed by atoms with van der Waals surface area (Å²) in [6.07, 6.45) is -1.33. The normalized spacial score (nSPS) is 25.9. The molecule has 2 amide bonds. The predicted molar refractivity (Wildman–Crippen MR) is 200 cm³/mol. The molecule has 286 valence electrons. The van der Waals surface area contributed by atoms with Gasteiger partial charge in [0, 0.05) is 24.5 Å². The fourth-order valence-corrected chi connectivity index (χ4v) is 9.59. The van der Waals surface area contributed by atoms with Gasteiger partial charge in [-0.25, -0.2) is 4.98 Å². The van der Waals surface area contributed by atoms with Gasteiger partial charge in [0.2, 0.25) is 0 Å². The van der Waals surface area contributed by atoms with Gasteiger partial charge in [0.25, 0.3) is 11.8 Å². The number of ether oxygens (including phenoxy) is 1. The molecular weight excluding hydrogens is 747 g/mol. The molecule has 6 atom stereocenters. The minimum atomic E-state index is -4.81. The van der Waals surface area contributed by atoms with E-state index in [0.29, 0.717) is 28.0 Å². The number of amides is 2. The number of aliphatic hydroxyl groups is 1. The summed E-state index contributed by atoms with van der Waals surface area (Å²) >= 11 is 6.32. The molecule has 2 fully saturated rings. The molecule has 2 heterocycles. The van der Waals surface area contributed by atoms with E-state index in [2.05, 4.69) is 4.98 Å². The number of pyridine rings is 1. The van der Waals surface area contributed by atoms with Crippen LogP contribution < -0.4 is 9.75 Å². The number of aromatic nitrogens is 1. The number of hydrazine groups is 1. The molecule has 56 heavy (non-hydrogen) atoms. The second-order valence-electron chi connectivity index (χ2n) is 14.4. The highest BCUT2D eigenvalue weighted by Crippen LogP contribution is 2.63. The zero-order valence-corrected chi connectivity index (χ0v) is 30.7. The van der Waals surface area contributed by atoms with Crippen molar-refractivity contribution in [1.29, 1.82) is 0 Å². The second kappa shape index (κ2) is 14.2. The van der Waals surface area contributed by atoms with Crippen molar-refractivity contribution in [3.63, 3.8) is 0 Å². The maximum absolute atomic E-state index is 15.2. The van der Waals surface area contributed by atoms with Gasteiger partial charge in [0.1, 0.15) is 18.1 Å². The fourth-order valence-electron chi connectivity index (χ4n) is 9.36. The van der Waals surface area contributed by atoms with E-state index in [-0.39, 0.29) is 48.2 Å². The predicted octanol–water partition coefficient (Wildman–Crippen LogP) is 7.00. The highest BCUT2D eigenvalue weighted by Gasteiger charge is 2.66. The lowest BCUT2D eigenvalue weighted by Crippen LogP contribution is -2.58. The number of anilines is 1. The standard InChI is InChI=1S/C43H35ClF3N3O6/c1-49(39-33(44)18-19-34(48-39)43(45,46)47)50-40(54)29-17-16-28-31(36(29)41(50)55)22-32-38(53)30(24-8-4-2-5-9-24)23-35(52)42(32,26-10-6-3-7-11-26)37(28)25-12-14-27(15-13-25)56-21-20-51/h2-16,18-19,23,29,31-32,36-37,51H,17,20-22H2,1H3/t29-,31+,32-,36-,37-,42-/m0/s1. The first kappa shape index (κ1) is 37.3. The molecule has 0 unspecified atom stereocenters. The Bertz CT molecular complexity index is 2300. The van der Waals surface area contributed by atoms with Gasteiger partial charge in [-0.05, 0) is 65.8 Å². The lowest BCUT2D eigenvalue weighted by atomic mass is 9.44. The van der Waals surface area contributed by atoms with Crippen LogP contribution >= 0.6 is 11.6 Å². The molecule has 1 saturated carbocycles. The molecule has 0 bridgehead atoms. The molecule has 1 aromatic heterocycles. The number of nitrogens with zero attached hydrogens (tertiary/aromatic N) is 3. The van der Waals surface area contributed by atoms with Crippen molar-refractivity contribution in [1.82, 2.24) is 9.99 Å². The maximum atomic E-state index is 15.2. The van der Waals surface area contributed by atoms with Gasteiger partial charge in [0.05, 0.1) is 28.9 Å². The van der Waals surface area contributed by atoms with Crippen LogP contribution in [0.1, 0.15) is 41.1 Å². The molecule has 1 N–H and O–H groups in total. The molecule has 3 aromatic carbocycles. The number of ketones is 2. The van der Waals surface area contributed by atoms with Crippen molar-refractivity contribution < 1.29 is 42.2 Å². The first-order valence-electron chi connectivity index (χ1n) is 18.2. The van der Waals surface area contributed by atoms with E-state index >= 15 is 9.59 Å². The first-order chi connectivity index (χ1) is 26.9. The molecular formula is C43H35ClF3N3O6. The van der Waals surface area contributed by atoms with Crippen molar-refractivity contribution >= 4 is 46.4 Å². The lowest BCUT2D eigenvalue weighted by Gasteiger charge is -2.55. The van der Waals surface area contributed by atoms with Crippen molar-refractivity contribution in [2.75, 3.05) is 25.3 Å². The third kappa shape index (κ3) is 5.85. The number of allylic oxidation sites excluding steroid dienone is 4. The Morgan fingerprint density at radius 1 is 0.911 bits per heavy atom. The Hall–Kier alpha value is -5.59. The number of imide groups is 1. The van der Waals surface area contributed by atoms with Crippen molar-refractivity contribution in [2.45, 2.75) is 30.4 Å². The second-order valence-corrected chi connectivity index (χ2v) is 14.8. The Balaban J connectivity index is 1.29. The molecule has 0 spiro atoms. The number of hydrogen-bond acceptors (Lipinski definition) is 8. The molecule has 9 nitrogen and oxygen atoms in total. The molecule has 4 aromatic rings. The number of carbonyl (C=O) groups is 4. The van der Waals surface area contributed by atoms with E-state index in [1.54, 1.807) is 36.4 Å². The van der Waals surface area contributed by atoms with Crippen LogP contribution in [0.25, 0.3) is 5.57 Å². The fraction of sp³-hybridized carbons (Fsp3) is 0.279. The summed E-state index contributed by atoms with van der Waals surface area (Å²) in [6, 6.07) is 26.8. The minimum absolute atomic E-state index is 0.0456. The SMILES string of the molecule is CN(c1nc(C(F)(F)F)ccc1Cl)N1C(=O)[C@H]2[C@H](CC=C3[C@H]2C[C@H]2C(=O)C(c4ccccc4)=CC(=O)[C@@]2(c2ccccc2)[C@H]3c2ccc(OCCO)cc2)C1=O. The van der Waals surface area contributed by atoms with Crippen LogP contribution in [0, 0.1) is 23.7 Å². The maximum Gasteiger partial charge on any atom is 0.433 e. The first-order valence-corrected chi connectivity index (χ1v) is 18.6. The molecule has 4 aliphatic rings. The van der Waals surface area contributed by atoms with Crippen LogP contribution in [0.15, 0.2) is 115 Å². The zero-order valence-electron chi connectivity index (χ0n) is 29.9. The summed E-state index contributed by atoms with van der Waals surface area (Å²) in [5.41, 5.74) is 0.145. The number of aliphatic hydroxyl groups excluding tert-OH is 1. The monoisotopic (exact) mass is 781 g/mol. The zero-order chi connectivity index (χ0) is 39.5. The summed E-state index contributed by atoms with van der Waals surface area (Å²) in [4.78, 5) is 62.8. The summed E-state index contributed by atoms with van der Waals surface area (Å²) in [7, 11) is 1.26. The molecule has 0 radical (unpaired) electrons. The lowest BCUT2D eigenvalue weighted by molar-refractivity contribution is -0.141. The Morgan fingerprint density at radius 3 is 2.25 bits per heavy atom. The van der Waals surface area contributed by atoms with Gasteiger partial charge in [-0.3, -0.25) is 24.2 Å². The Labute approximate surface area is 325 Å². The van der Waals surface area contributed by atoms with Gasteiger partial charge in [-0.15, -0.1) is 0 Å². The topological polar surface area (TPSA) is 117 Å². The van der Waals surface area contributed by atoms with Gasteiger partial charge >= 0.3 is 6.18 Å². The molecule has 13 heteroatoms. The number of benzene rings is 3. The molecule has 1 saturated heterocycles.